The molecular weight excluding hydrogens is 226 g/mol. The summed E-state index contributed by atoms with van der Waals surface area (Å²) < 4.78 is 12.7. The highest BCUT2D eigenvalue weighted by Gasteiger charge is 2.01. The number of hydrogen-bond donors (Lipinski definition) is 1. The fourth-order valence-electron chi connectivity index (χ4n) is 1.77. The SMILES string of the molecule is [3H]C(CCCCCCCCCN)C(=O)OCCCC. The third-order valence-corrected chi connectivity index (χ3v) is 2.96. The van der Waals surface area contributed by atoms with Gasteiger partial charge in [0.2, 0.25) is 0 Å². The normalized spacial score (nSPS) is 13.1. The van der Waals surface area contributed by atoms with Crippen molar-refractivity contribution in [3.63, 3.8) is 0 Å². The maximum absolute atomic E-state index is 11.4. The molecule has 3 heteroatoms. The Morgan fingerprint density at radius 3 is 2.11 bits per heavy atom. The van der Waals surface area contributed by atoms with E-state index in [0.717, 1.165) is 38.6 Å². The van der Waals surface area contributed by atoms with Gasteiger partial charge in [-0.3, -0.25) is 4.79 Å². The zero-order valence-electron chi connectivity index (χ0n) is 13.0. The first-order valence-corrected chi connectivity index (χ1v) is 7.51. The van der Waals surface area contributed by atoms with E-state index in [1.165, 1.54) is 25.7 Å². The molecule has 2 N–H and O–H groups in total. The summed E-state index contributed by atoms with van der Waals surface area (Å²) in [7, 11) is 0. The summed E-state index contributed by atoms with van der Waals surface area (Å²) in [6, 6.07) is 0. The minimum Gasteiger partial charge on any atom is -0.466 e. The zero-order valence-corrected chi connectivity index (χ0v) is 12.0. The van der Waals surface area contributed by atoms with E-state index < -0.39 is 6.40 Å². The van der Waals surface area contributed by atoms with Gasteiger partial charge < -0.3 is 10.5 Å². The molecule has 0 aliphatic heterocycles. The van der Waals surface area contributed by atoms with Crippen LogP contribution in [0.3, 0.4) is 0 Å². The first-order valence-electron chi connectivity index (χ1n) is 8.09. The molecule has 0 aliphatic carbocycles. The molecule has 0 saturated carbocycles. The molecule has 0 aliphatic rings. The summed E-state index contributed by atoms with van der Waals surface area (Å²) in [6.45, 7) is 3.31. The Morgan fingerprint density at radius 2 is 1.56 bits per heavy atom. The number of nitrogens with two attached hydrogens (primary N) is 1. The number of rotatable bonds is 13. The molecule has 0 saturated heterocycles. The quantitative estimate of drug-likeness (QED) is 0.404. The maximum atomic E-state index is 11.4. The Labute approximate surface area is 114 Å². The van der Waals surface area contributed by atoms with Crippen molar-refractivity contribution < 1.29 is 10.9 Å². The standard InChI is InChI=1S/C15H31NO2/c1-2-3-14-18-15(17)12-10-8-6-4-5-7-9-11-13-16/h2-14,16H2,1H3/i12T. The van der Waals surface area contributed by atoms with Crippen molar-refractivity contribution in [2.24, 2.45) is 5.73 Å². The predicted molar refractivity (Wildman–Crippen MR) is 76.5 cm³/mol. The second-order valence-electron chi connectivity index (χ2n) is 4.78. The number of unbranched alkanes of at least 4 members (excludes halogenated alkanes) is 7. The van der Waals surface area contributed by atoms with Crippen LogP contribution in [0.4, 0.5) is 0 Å². The summed E-state index contributed by atoms with van der Waals surface area (Å²) in [5.41, 5.74) is 5.43. The summed E-state index contributed by atoms with van der Waals surface area (Å²) in [4.78, 5) is 11.4. The van der Waals surface area contributed by atoms with Crippen molar-refractivity contribution in [1.82, 2.24) is 0 Å². The molecule has 1 atom stereocenters. The van der Waals surface area contributed by atoms with Crippen LogP contribution < -0.4 is 5.73 Å². The van der Waals surface area contributed by atoms with Gasteiger partial charge in [0.15, 0.2) is 0 Å². The summed E-state index contributed by atoms with van der Waals surface area (Å²) in [6.07, 6.45) is 9.95. The van der Waals surface area contributed by atoms with Crippen molar-refractivity contribution in [3.8, 4) is 0 Å². The fraction of sp³-hybridized carbons (Fsp3) is 0.933. The van der Waals surface area contributed by atoms with E-state index in [4.69, 9.17) is 11.8 Å². The minimum atomic E-state index is -0.686. The average molecular weight is 259 g/mol. The molecule has 18 heavy (non-hydrogen) atoms. The van der Waals surface area contributed by atoms with Crippen LogP contribution in [0.1, 0.15) is 78.9 Å². The van der Waals surface area contributed by atoms with Gasteiger partial charge in [-0.1, -0.05) is 51.9 Å². The van der Waals surface area contributed by atoms with E-state index in [1.807, 2.05) is 0 Å². The van der Waals surface area contributed by atoms with Crippen LogP contribution in [0.25, 0.3) is 0 Å². The summed E-state index contributed by atoms with van der Waals surface area (Å²) in [5.74, 6) is -0.351. The van der Waals surface area contributed by atoms with Crippen LogP contribution in [0.5, 0.6) is 0 Å². The van der Waals surface area contributed by atoms with Gasteiger partial charge in [-0.15, -0.1) is 0 Å². The summed E-state index contributed by atoms with van der Waals surface area (Å²) >= 11 is 0. The molecule has 0 amide bonds. The molecule has 0 spiro atoms. The third-order valence-electron chi connectivity index (χ3n) is 2.96. The van der Waals surface area contributed by atoms with Gasteiger partial charge in [-0.25, -0.2) is 0 Å². The Balaban J connectivity index is 3.32. The second-order valence-corrected chi connectivity index (χ2v) is 4.78. The Hall–Kier alpha value is -0.570. The Morgan fingerprint density at radius 1 is 1.00 bits per heavy atom. The van der Waals surface area contributed by atoms with E-state index in [-0.39, 0.29) is 5.97 Å². The number of hydrogen-bond acceptors (Lipinski definition) is 3. The molecule has 0 aromatic rings. The smallest absolute Gasteiger partial charge is 0.305 e. The van der Waals surface area contributed by atoms with Crippen molar-refractivity contribution in [2.45, 2.75) is 77.5 Å². The first-order chi connectivity index (χ1) is 9.22. The first kappa shape index (κ1) is 15.5. The van der Waals surface area contributed by atoms with E-state index >= 15 is 0 Å². The number of carbonyl (C=O) groups is 1. The lowest BCUT2D eigenvalue weighted by Gasteiger charge is -2.04. The van der Waals surface area contributed by atoms with E-state index in [9.17, 15) is 4.79 Å². The predicted octanol–water partition coefficient (Wildman–Crippen LogP) is 3.80. The maximum Gasteiger partial charge on any atom is 0.305 e. The lowest BCUT2D eigenvalue weighted by molar-refractivity contribution is -0.143. The molecule has 0 radical (unpaired) electrons. The van der Waals surface area contributed by atoms with Gasteiger partial charge in [0.1, 0.15) is 0 Å². The van der Waals surface area contributed by atoms with Crippen LogP contribution in [0.15, 0.2) is 0 Å². The Bertz CT molecular complexity index is 212. The van der Waals surface area contributed by atoms with Crippen LogP contribution >= 0.6 is 0 Å². The minimum absolute atomic E-state index is 0.351. The number of ether oxygens (including phenoxy) is 1. The molecule has 3 nitrogen and oxygen atoms in total. The molecule has 0 bridgehead atoms. The lowest BCUT2D eigenvalue weighted by Crippen LogP contribution is -2.05. The highest BCUT2D eigenvalue weighted by Crippen LogP contribution is 2.09. The molecular formula is C15H31NO2. The largest absolute Gasteiger partial charge is 0.466 e. The second kappa shape index (κ2) is 14.5. The van der Waals surface area contributed by atoms with E-state index in [2.05, 4.69) is 6.92 Å². The molecule has 0 aromatic heterocycles. The topological polar surface area (TPSA) is 52.3 Å². The van der Waals surface area contributed by atoms with Gasteiger partial charge in [0, 0.05) is 7.77 Å². The van der Waals surface area contributed by atoms with Crippen LogP contribution in [-0.4, -0.2) is 19.1 Å². The van der Waals surface area contributed by atoms with Crippen LogP contribution in [0.2, 0.25) is 0 Å². The van der Waals surface area contributed by atoms with Gasteiger partial charge in [-0.05, 0) is 25.8 Å². The van der Waals surface area contributed by atoms with Crippen molar-refractivity contribution in [2.75, 3.05) is 13.2 Å². The van der Waals surface area contributed by atoms with Crippen molar-refractivity contribution >= 4 is 5.97 Å². The van der Waals surface area contributed by atoms with E-state index in [1.54, 1.807) is 0 Å². The van der Waals surface area contributed by atoms with E-state index in [0.29, 0.717) is 13.0 Å². The fourth-order valence-corrected chi connectivity index (χ4v) is 1.77. The molecule has 0 fully saturated rings. The lowest BCUT2D eigenvalue weighted by atomic mass is 10.1. The number of carbonyl (C=O) groups excluding carboxylic acids is 1. The number of esters is 1. The third kappa shape index (κ3) is 13.5. The molecule has 1 unspecified atom stereocenters. The molecule has 0 aromatic carbocycles. The van der Waals surface area contributed by atoms with Gasteiger partial charge >= 0.3 is 5.97 Å². The van der Waals surface area contributed by atoms with Crippen molar-refractivity contribution in [3.05, 3.63) is 0 Å². The van der Waals surface area contributed by atoms with Crippen molar-refractivity contribution in [1.29, 1.82) is 0 Å². The van der Waals surface area contributed by atoms with Gasteiger partial charge in [-0.2, -0.15) is 0 Å². The van der Waals surface area contributed by atoms with Crippen LogP contribution in [0, 0.1) is 0 Å². The van der Waals surface area contributed by atoms with Crippen LogP contribution in [-0.2, 0) is 9.53 Å². The summed E-state index contributed by atoms with van der Waals surface area (Å²) in [5, 5.41) is 0. The highest BCUT2D eigenvalue weighted by atomic mass is 16.5. The highest BCUT2D eigenvalue weighted by molar-refractivity contribution is 5.69. The molecule has 108 valence electrons. The molecule has 0 rings (SSSR count). The molecule has 0 heterocycles. The monoisotopic (exact) mass is 259 g/mol. The average Bonchev–Trinajstić information content (AvgIpc) is 2.41. The zero-order chi connectivity index (χ0) is 14.3. The Kier molecular flexibility index (Phi) is 12.5. The van der Waals surface area contributed by atoms with Gasteiger partial charge in [0.05, 0.1) is 6.61 Å². The van der Waals surface area contributed by atoms with Gasteiger partial charge in [0.25, 0.3) is 0 Å².